The van der Waals surface area contributed by atoms with E-state index in [1.54, 1.807) is 0 Å². The van der Waals surface area contributed by atoms with Crippen molar-refractivity contribution in [3.05, 3.63) is 202 Å². The maximum atomic E-state index is 8.70. The normalized spacial score (nSPS) is 18.9. The second-order valence-corrected chi connectivity index (χ2v) is 16.5. The Balaban J connectivity index is 0.000000570. The van der Waals surface area contributed by atoms with Gasteiger partial charge in [0.05, 0.1) is 23.0 Å². The largest absolute Gasteiger partial charge is 0.333 e. The van der Waals surface area contributed by atoms with E-state index >= 15 is 0 Å². The van der Waals surface area contributed by atoms with Crippen LogP contribution < -0.4 is 0 Å². The Labute approximate surface area is 332 Å². The minimum Gasteiger partial charge on any atom is -0.333 e. The summed E-state index contributed by atoms with van der Waals surface area (Å²) in [5, 5.41) is 11.4. The van der Waals surface area contributed by atoms with E-state index in [0.29, 0.717) is 5.71 Å². The number of benzene rings is 5. The molecule has 1 atom stereocenters. The van der Waals surface area contributed by atoms with Gasteiger partial charge >= 0.3 is 0 Å². The molecule has 0 amide bonds. The van der Waals surface area contributed by atoms with Crippen molar-refractivity contribution in [1.29, 1.82) is 5.41 Å². The summed E-state index contributed by atoms with van der Waals surface area (Å²) in [6.45, 7) is 15.7. The molecule has 0 radical (unpaired) electrons. The molecular weight excluding hydrogens is 679 g/mol. The molecule has 0 aliphatic heterocycles. The van der Waals surface area contributed by atoms with Crippen LogP contribution >= 0.6 is 0 Å². The van der Waals surface area contributed by atoms with Gasteiger partial charge in [0.25, 0.3) is 0 Å². The molecule has 3 nitrogen and oxygen atoms in total. The summed E-state index contributed by atoms with van der Waals surface area (Å²) >= 11 is 0. The molecule has 0 spiro atoms. The van der Waals surface area contributed by atoms with Crippen LogP contribution in [0.25, 0.3) is 32.9 Å². The zero-order valence-electron chi connectivity index (χ0n) is 33.3. The van der Waals surface area contributed by atoms with E-state index in [1.165, 1.54) is 60.8 Å². The first kappa shape index (κ1) is 36.9. The van der Waals surface area contributed by atoms with Crippen molar-refractivity contribution >= 4 is 34.2 Å². The first-order valence-corrected chi connectivity index (χ1v) is 19.9. The van der Waals surface area contributed by atoms with Crippen LogP contribution in [0, 0.1) is 12.3 Å². The SMILES string of the molecule is C=N/C(=C\C(=N)c1ccccc1)C1=CCC(n2c3ccccc3c3c4c(c5c(c32)C(C)(C)c2ccccc2-5)C/C=C\C=C/CC4(C)C)C=C1.Cc1ccccc1. The van der Waals surface area contributed by atoms with Crippen LogP contribution in [0.5, 0.6) is 0 Å². The van der Waals surface area contributed by atoms with Crippen molar-refractivity contribution in [2.75, 3.05) is 0 Å². The molecule has 0 bridgehead atoms. The average Bonchev–Trinajstić information content (AvgIpc) is 3.69. The van der Waals surface area contributed by atoms with Crippen LogP contribution in [0.2, 0.25) is 0 Å². The Bertz CT molecular complexity index is 2640. The number of hydrogen-bond acceptors (Lipinski definition) is 2. The van der Waals surface area contributed by atoms with E-state index in [9.17, 15) is 0 Å². The molecule has 0 fully saturated rings. The number of fused-ring (bicyclic) bond motifs is 10. The summed E-state index contributed by atoms with van der Waals surface area (Å²) in [5.74, 6) is 0. The van der Waals surface area contributed by atoms with Gasteiger partial charge in [-0.25, -0.2) is 0 Å². The van der Waals surface area contributed by atoms with E-state index in [2.05, 4.69) is 154 Å². The van der Waals surface area contributed by atoms with Crippen molar-refractivity contribution in [2.45, 2.75) is 70.8 Å². The van der Waals surface area contributed by atoms with Crippen molar-refractivity contribution in [3.63, 3.8) is 0 Å². The maximum Gasteiger partial charge on any atom is 0.0712 e. The number of para-hydroxylation sites is 1. The minimum atomic E-state index is -0.171. The van der Waals surface area contributed by atoms with Gasteiger partial charge in [0, 0.05) is 21.7 Å². The quantitative estimate of drug-likeness (QED) is 0.172. The van der Waals surface area contributed by atoms with Crippen LogP contribution in [0.1, 0.15) is 80.0 Å². The summed E-state index contributed by atoms with van der Waals surface area (Å²) in [6, 6.07) is 38.3. The van der Waals surface area contributed by atoms with E-state index in [0.717, 1.165) is 36.1 Å². The summed E-state index contributed by atoms with van der Waals surface area (Å²) < 4.78 is 2.65. The first-order chi connectivity index (χ1) is 27.1. The number of hydrogen-bond donors (Lipinski definition) is 1. The predicted molar refractivity (Wildman–Crippen MR) is 240 cm³/mol. The van der Waals surface area contributed by atoms with E-state index in [4.69, 9.17) is 5.41 Å². The van der Waals surface area contributed by atoms with Crippen LogP contribution in [0.15, 0.2) is 174 Å². The fourth-order valence-electron chi connectivity index (χ4n) is 9.28. The van der Waals surface area contributed by atoms with Gasteiger partial charge in [-0.15, -0.1) is 0 Å². The van der Waals surface area contributed by atoms with Gasteiger partial charge in [-0.3, -0.25) is 4.99 Å². The Kier molecular flexibility index (Phi) is 9.80. The fraction of sp³-hybridized carbons (Fsp3) is 0.208. The molecule has 0 saturated heterocycles. The fourth-order valence-corrected chi connectivity index (χ4v) is 9.28. The molecule has 1 unspecified atom stereocenters. The predicted octanol–water partition coefficient (Wildman–Crippen LogP) is 13.5. The number of aromatic nitrogens is 1. The molecule has 0 saturated carbocycles. The number of allylic oxidation sites excluding steroid dienone is 8. The highest BCUT2D eigenvalue weighted by molar-refractivity contribution is 6.15. The van der Waals surface area contributed by atoms with Crippen molar-refractivity contribution in [1.82, 2.24) is 4.57 Å². The number of rotatable bonds is 5. The summed E-state index contributed by atoms with van der Waals surface area (Å²) in [4.78, 5) is 4.38. The van der Waals surface area contributed by atoms with E-state index in [-0.39, 0.29) is 16.9 Å². The van der Waals surface area contributed by atoms with Crippen LogP contribution in [-0.2, 0) is 17.3 Å². The molecule has 6 aromatic rings. The maximum absolute atomic E-state index is 8.70. The molecule has 9 rings (SSSR count). The Morgan fingerprint density at radius 3 is 2.20 bits per heavy atom. The summed E-state index contributed by atoms with van der Waals surface area (Å²) in [7, 11) is 0. The number of aliphatic imine (C=N–C) groups is 1. The molecule has 3 aliphatic carbocycles. The van der Waals surface area contributed by atoms with Crippen LogP contribution in [-0.4, -0.2) is 17.0 Å². The van der Waals surface area contributed by atoms with Crippen molar-refractivity contribution in [3.8, 4) is 11.1 Å². The molecule has 1 N–H and O–H groups in total. The Morgan fingerprint density at radius 2 is 1.50 bits per heavy atom. The highest BCUT2D eigenvalue weighted by atomic mass is 15.0. The molecular formula is C53H51N3. The molecule has 1 aromatic heterocycles. The lowest BCUT2D eigenvalue weighted by Gasteiger charge is -2.32. The topological polar surface area (TPSA) is 41.1 Å². The van der Waals surface area contributed by atoms with Gasteiger partial charge in [-0.2, -0.15) is 0 Å². The second kappa shape index (κ2) is 14.9. The van der Waals surface area contributed by atoms with E-state index < -0.39 is 0 Å². The number of nitrogens with one attached hydrogen (secondary N) is 1. The van der Waals surface area contributed by atoms with E-state index in [1.807, 2.05) is 54.6 Å². The summed E-state index contributed by atoms with van der Waals surface area (Å²) in [5.41, 5.74) is 15.4. The van der Waals surface area contributed by atoms with Crippen molar-refractivity contribution < 1.29 is 0 Å². The van der Waals surface area contributed by atoms with Crippen LogP contribution in [0.4, 0.5) is 0 Å². The van der Waals surface area contributed by atoms with Gasteiger partial charge < -0.3 is 9.98 Å². The monoisotopic (exact) mass is 729 g/mol. The third-order valence-corrected chi connectivity index (χ3v) is 11.9. The highest BCUT2D eigenvalue weighted by Gasteiger charge is 2.43. The van der Waals surface area contributed by atoms with Gasteiger partial charge in [0.2, 0.25) is 0 Å². The summed E-state index contributed by atoms with van der Waals surface area (Å²) in [6.07, 6.45) is 20.5. The average molecular weight is 730 g/mol. The van der Waals surface area contributed by atoms with Crippen molar-refractivity contribution in [2.24, 2.45) is 4.99 Å². The minimum absolute atomic E-state index is 0.0736. The van der Waals surface area contributed by atoms with Gasteiger partial charge in [0.1, 0.15) is 0 Å². The Morgan fingerprint density at radius 1 is 0.821 bits per heavy atom. The second-order valence-electron chi connectivity index (χ2n) is 16.5. The van der Waals surface area contributed by atoms with Gasteiger partial charge in [0.15, 0.2) is 0 Å². The zero-order chi connectivity index (χ0) is 39.0. The standard InChI is InChI=1S/C46H43N3.C7H8/c1-45(2)28-16-7-6-11-21-35-40-33-19-12-14-22-36(33)46(3,4)43(40)44-41(42(35)45)34-20-13-15-23-39(34)49(44)32-26-24-31(25-27-32)38(48-5)29-37(47)30-17-9-8-10-18-30;1-7-5-3-2-4-6-7/h6-20,22-26,29,32,47H,5,21,27-28H2,1-4H3;2-6H,1H3/b11-6-,16-7-,38-29-,47-37?;. The van der Waals surface area contributed by atoms with Gasteiger partial charge in [-0.1, -0.05) is 179 Å². The smallest absolute Gasteiger partial charge is 0.0712 e. The molecule has 278 valence electrons. The highest BCUT2D eigenvalue weighted by Crippen LogP contribution is 2.58. The first-order valence-electron chi connectivity index (χ1n) is 19.9. The molecule has 3 aliphatic rings. The van der Waals surface area contributed by atoms with Crippen LogP contribution in [0.3, 0.4) is 0 Å². The Hall–Kier alpha value is -6.06. The molecule has 56 heavy (non-hydrogen) atoms. The van der Waals surface area contributed by atoms with Gasteiger partial charge in [-0.05, 0) is 95.0 Å². The third-order valence-electron chi connectivity index (χ3n) is 11.9. The third kappa shape index (κ3) is 6.45. The molecule has 1 heterocycles. The zero-order valence-corrected chi connectivity index (χ0v) is 33.3. The number of nitrogens with zero attached hydrogens (tertiary/aromatic N) is 2. The lowest BCUT2D eigenvalue weighted by atomic mass is 9.72. The molecule has 5 aromatic carbocycles. The lowest BCUT2D eigenvalue weighted by molar-refractivity contribution is 0.534. The lowest BCUT2D eigenvalue weighted by Crippen LogP contribution is -2.22. The molecule has 3 heteroatoms. The number of aryl methyl sites for hydroxylation is 1.